The second kappa shape index (κ2) is 17.0. The highest BCUT2D eigenvalue weighted by atomic mass is 35.5. The van der Waals surface area contributed by atoms with E-state index in [2.05, 4.69) is 82.8 Å². The summed E-state index contributed by atoms with van der Waals surface area (Å²) in [4.78, 5) is 21.9. The number of rotatable bonds is 13. The first kappa shape index (κ1) is 37.4. The molecule has 244 valence electrons. The third-order valence-electron chi connectivity index (χ3n) is 7.66. The molecule has 0 N–H and O–H groups in total. The van der Waals surface area contributed by atoms with Crippen LogP contribution >= 0.6 is 11.6 Å². The smallest absolute Gasteiger partial charge is 0.410 e. The Kier molecular flexibility index (Phi) is 14.5. The van der Waals surface area contributed by atoms with E-state index in [0.717, 1.165) is 51.8 Å². The lowest BCUT2D eigenvalue weighted by Gasteiger charge is -2.34. The molecule has 2 rings (SSSR count). The summed E-state index contributed by atoms with van der Waals surface area (Å²) in [7, 11) is 1.84. The van der Waals surface area contributed by atoms with Crippen LogP contribution in [-0.4, -0.2) is 73.6 Å². The Morgan fingerprint density at radius 2 is 1.82 bits per heavy atom. The molecule has 0 aromatic heterocycles. The maximum absolute atomic E-state index is 13.0. The number of carbonyl (C=O) groups is 1. The minimum Gasteiger partial charge on any atom is -0.444 e. The fraction of sp³-hybridized carbons (Fsp3) is 0.568. The highest BCUT2D eigenvalue weighted by Gasteiger charge is 2.26. The number of carbonyl (C=O) groups excluding carboxylic acids is 1. The zero-order valence-corrected chi connectivity index (χ0v) is 29.7. The van der Waals surface area contributed by atoms with Crippen molar-refractivity contribution in [3.63, 3.8) is 0 Å². The molecule has 1 saturated heterocycles. The van der Waals surface area contributed by atoms with Gasteiger partial charge in [-0.2, -0.15) is 0 Å². The molecule has 1 atom stereocenters. The number of nitrogens with zero attached hydrogens (tertiary/aromatic N) is 3. The van der Waals surface area contributed by atoms with Crippen LogP contribution in [-0.2, 0) is 9.47 Å². The summed E-state index contributed by atoms with van der Waals surface area (Å²) in [5.41, 5.74) is 8.12. The maximum Gasteiger partial charge on any atom is 0.410 e. The molecule has 0 spiro atoms. The molecular weight excluding hydrogens is 570 g/mol. The van der Waals surface area contributed by atoms with Crippen LogP contribution in [0.4, 0.5) is 4.79 Å². The van der Waals surface area contributed by atoms with Crippen LogP contribution < -0.4 is 0 Å². The molecule has 1 heterocycles. The van der Waals surface area contributed by atoms with Crippen molar-refractivity contribution in [2.24, 2.45) is 10.9 Å². The SMILES string of the molecule is C=C(CCN(CC(C)C)C(=O)OC(C)(C)C)C/C(C(=C)C)=C(C(C)=NC)\C(=C/C(C)c1cc(Cl)ccc1C)N1CCOCC1. The van der Waals surface area contributed by atoms with Gasteiger partial charge in [-0.1, -0.05) is 68.8 Å². The van der Waals surface area contributed by atoms with Gasteiger partial charge >= 0.3 is 6.09 Å². The van der Waals surface area contributed by atoms with E-state index in [4.69, 9.17) is 21.1 Å². The van der Waals surface area contributed by atoms with Crippen molar-refractivity contribution in [2.45, 2.75) is 86.7 Å². The maximum atomic E-state index is 13.0. The van der Waals surface area contributed by atoms with Crippen molar-refractivity contribution >= 4 is 23.4 Å². The Balaban J connectivity index is 2.55. The highest BCUT2D eigenvalue weighted by molar-refractivity contribution is 6.30. The summed E-state index contributed by atoms with van der Waals surface area (Å²) >= 11 is 6.43. The Morgan fingerprint density at radius 3 is 2.36 bits per heavy atom. The fourth-order valence-electron chi connectivity index (χ4n) is 5.36. The number of ether oxygens (including phenoxy) is 2. The molecule has 1 aliphatic rings. The standard InChI is InChI=1S/C37H56ClN3O3/c1-25(2)24-41(36(42)44-37(9,10)11)16-15-27(5)21-32(26(3)4)35(30(8)39-12)34(40-17-19-43-20-18-40)22-29(7)33-23-31(38)14-13-28(33)6/h13-14,22-23,25,29H,3,5,15-21,24H2,1-2,4,6-12H3/b34-22+,35-32+,39-30?. The predicted octanol–water partition coefficient (Wildman–Crippen LogP) is 9.16. The molecule has 6 nitrogen and oxygen atoms in total. The van der Waals surface area contributed by atoms with Gasteiger partial charge in [0.15, 0.2) is 0 Å². The molecule has 1 aromatic carbocycles. The lowest BCUT2D eigenvalue weighted by molar-refractivity contribution is 0.0230. The lowest BCUT2D eigenvalue weighted by atomic mass is 9.87. The number of allylic oxidation sites excluding steroid dienone is 4. The number of aliphatic imine (C=N–C) groups is 1. The predicted molar refractivity (Wildman–Crippen MR) is 187 cm³/mol. The average molecular weight is 626 g/mol. The molecule has 1 aromatic rings. The van der Waals surface area contributed by atoms with Crippen LogP contribution in [0.1, 0.15) is 85.3 Å². The van der Waals surface area contributed by atoms with Gasteiger partial charge in [0.1, 0.15) is 5.60 Å². The van der Waals surface area contributed by atoms with Gasteiger partial charge in [0.2, 0.25) is 0 Å². The third kappa shape index (κ3) is 11.6. The van der Waals surface area contributed by atoms with E-state index in [1.54, 1.807) is 4.90 Å². The summed E-state index contributed by atoms with van der Waals surface area (Å²) in [6.45, 7) is 31.4. The molecule has 0 saturated carbocycles. The first-order chi connectivity index (χ1) is 20.5. The van der Waals surface area contributed by atoms with Crippen molar-refractivity contribution < 1.29 is 14.3 Å². The zero-order chi connectivity index (χ0) is 33.2. The van der Waals surface area contributed by atoms with Gasteiger partial charge < -0.3 is 19.3 Å². The first-order valence-electron chi connectivity index (χ1n) is 15.8. The molecule has 0 radical (unpaired) electrons. The first-order valence-corrected chi connectivity index (χ1v) is 16.2. The summed E-state index contributed by atoms with van der Waals surface area (Å²) in [5, 5.41) is 0.734. The number of benzene rings is 1. The largest absolute Gasteiger partial charge is 0.444 e. The van der Waals surface area contributed by atoms with E-state index in [0.29, 0.717) is 45.1 Å². The lowest BCUT2D eigenvalue weighted by Crippen LogP contribution is -2.39. The molecule has 7 heteroatoms. The van der Waals surface area contributed by atoms with Crippen LogP contribution in [0, 0.1) is 12.8 Å². The minimum atomic E-state index is -0.548. The van der Waals surface area contributed by atoms with Gasteiger partial charge in [0, 0.05) is 61.1 Å². The van der Waals surface area contributed by atoms with Crippen molar-refractivity contribution in [1.29, 1.82) is 0 Å². The molecule has 0 aliphatic carbocycles. The van der Waals surface area contributed by atoms with Gasteiger partial charge in [0.25, 0.3) is 0 Å². The summed E-state index contributed by atoms with van der Waals surface area (Å²) in [5.74, 6) is 0.433. The summed E-state index contributed by atoms with van der Waals surface area (Å²) < 4.78 is 11.4. The van der Waals surface area contributed by atoms with E-state index in [1.165, 1.54) is 11.1 Å². The van der Waals surface area contributed by atoms with Crippen molar-refractivity contribution in [1.82, 2.24) is 9.80 Å². The third-order valence-corrected chi connectivity index (χ3v) is 7.90. The quantitative estimate of drug-likeness (QED) is 0.125. The molecule has 1 aliphatic heterocycles. The second-order valence-corrected chi connectivity index (χ2v) is 13.8. The molecule has 1 fully saturated rings. The average Bonchev–Trinajstić information content (AvgIpc) is 2.94. The number of halogens is 1. The summed E-state index contributed by atoms with van der Waals surface area (Å²) in [6.07, 6.45) is 3.35. The van der Waals surface area contributed by atoms with E-state index in [-0.39, 0.29) is 12.0 Å². The van der Waals surface area contributed by atoms with Crippen LogP contribution in [0.25, 0.3) is 0 Å². The number of morpholine rings is 1. The minimum absolute atomic E-state index is 0.110. The Hall–Kier alpha value is -2.83. The molecule has 1 unspecified atom stereocenters. The normalized spacial score (nSPS) is 16.0. The van der Waals surface area contributed by atoms with Crippen molar-refractivity contribution in [3.05, 3.63) is 81.6 Å². The summed E-state index contributed by atoms with van der Waals surface area (Å²) in [6, 6.07) is 6.08. The van der Waals surface area contributed by atoms with Gasteiger partial charge in [-0.25, -0.2) is 4.79 Å². The van der Waals surface area contributed by atoms with Gasteiger partial charge in [-0.3, -0.25) is 4.99 Å². The van der Waals surface area contributed by atoms with Crippen LogP contribution in [0.15, 0.2) is 70.4 Å². The highest BCUT2D eigenvalue weighted by Crippen LogP contribution is 2.34. The van der Waals surface area contributed by atoms with Gasteiger partial charge in [0.05, 0.1) is 13.2 Å². The van der Waals surface area contributed by atoms with Crippen molar-refractivity contribution in [2.75, 3.05) is 46.4 Å². The topological polar surface area (TPSA) is 54.4 Å². The fourth-order valence-corrected chi connectivity index (χ4v) is 5.54. The monoisotopic (exact) mass is 625 g/mol. The Morgan fingerprint density at radius 1 is 1.18 bits per heavy atom. The van der Waals surface area contributed by atoms with Crippen molar-refractivity contribution in [3.8, 4) is 0 Å². The second-order valence-electron chi connectivity index (χ2n) is 13.4. The van der Waals surface area contributed by atoms with E-state index >= 15 is 0 Å². The Labute approximate surface area is 272 Å². The number of hydrogen-bond donors (Lipinski definition) is 0. The molecule has 1 amide bonds. The van der Waals surface area contributed by atoms with E-state index in [9.17, 15) is 4.79 Å². The molecule has 44 heavy (non-hydrogen) atoms. The van der Waals surface area contributed by atoms with Crippen LogP contribution in [0.2, 0.25) is 5.02 Å². The number of aryl methyl sites for hydroxylation is 1. The van der Waals surface area contributed by atoms with Crippen LogP contribution in [0.3, 0.4) is 0 Å². The number of amides is 1. The Bertz CT molecular complexity index is 1260. The van der Waals surface area contributed by atoms with Gasteiger partial charge in [-0.05, 0) is 89.1 Å². The van der Waals surface area contributed by atoms with Crippen LogP contribution in [0.5, 0.6) is 0 Å². The van der Waals surface area contributed by atoms with E-state index < -0.39 is 5.60 Å². The number of hydrogen-bond acceptors (Lipinski definition) is 5. The zero-order valence-electron chi connectivity index (χ0n) is 29.0. The van der Waals surface area contributed by atoms with E-state index in [1.807, 2.05) is 33.9 Å². The molecular formula is C37H56ClN3O3. The molecule has 0 bridgehead atoms. The van der Waals surface area contributed by atoms with Gasteiger partial charge in [-0.15, -0.1) is 0 Å².